The van der Waals surface area contributed by atoms with Crippen LogP contribution in [0.5, 0.6) is 0 Å². The molecule has 2 N–H and O–H groups in total. The Hall–Kier alpha value is -4.89. The fourth-order valence-electron chi connectivity index (χ4n) is 3.52. The Balaban J connectivity index is 1.76. The van der Waals surface area contributed by atoms with Gasteiger partial charge >= 0.3 is 15.3 Å². The number of benzene rings is 1. The minimum Gasteiger partial charge on any atom is -0.355 e. The van der Waals surface area contributed by atoms with Gasteiger partial charge < -0.3 is 10.6 Å². The van der Waals surface area contributed by atoms with E-state index in [1.54, 1.807) is 6.92 Å². The topological polar surface area (TPSA) is 190 Å². The lowest BCUT2D eigenvalue weighted by molar-refractivity contribution is -0.0440. The highest BCUT2D eigenvalue weighted by atomic mass is 35.5. The zero-order chi connectivity index (χ0) is 30.1. The lowest BCUT2D eigenvalue weighted by Gasteiger charge is -2.14. The molecule has 14 nitrogen and oxygen atoms in total. The van der Waals surface area contributed by atoms with Crippen molar-refractivity contribution >= 4 is 38.9 Å². The van der Waals surface area contributed by atoms with Gasteiger partial charge in [-0.25, -0.2) is 18.1 Å². The van der Waals surface area contributed by atoms with Crippen LogP contribution in [0.25, 0.3) is 5.82 Å². The summed E-state index contributed by atoms with van der Waals surface area (Å²) >= 11 is 6.25. The highest BCUT2D eigenvalue weighted by molar-refractivity contribution is 7.92. The Bertz CT molecular complexity index is 1830. The van der Waals surface area contributed by atoms with Crippen LogP contribution in [0.2, 0.25) is 5.02 Å². The molecule has 212 valence electrons. The van der Waals surface area contributed by atoms with Crippen LogP contribution in [0, 0.1) is 18.3 Å². The van der Waals surface area contributed by atoms with Gasteiger partial charge in [-0.05, 0) is 48.0 Å². The summed E-state index contributed by atoms with van der Waals surface area (Å²) in [5.41, 5.74) is -5.17. The summed E-state index contributed by atoms with van der Waals surface area (Å²) < 4.78 is 62.8. The molecule has 0 saturated heterocycles. The number of amides is 2. The average molecular weight is 609 g/mol. The fourth-order valence-corrected chi connectivity index (χ4v) is 4.28. The molecule has 4 rings (SSSR count). The molecule has 0 aliphatic heterocycles. The van der Waals surface area contributed by atoms with Crippen LogP contribution in [0.1, 0.15) is 37.7 Å². The first-order chi connectivity index (χ1) is 19.3. The van der Waals surface area contributed by atoms with Gasteiger partial charge in [0.1, 0.15) is 12.2 Å². The molecule has 3 aromatic heterocycles. The van der Waals surface area contributed by atoms with Gasteiger partial charge in [-0.2, -0.15) is 28.3 Å². The first-order valence-electron chi connectivity index (χ1n) is 11.1. The second kappa shape index (κ2) is 10.9. The molecule has 0 aliphatic carbocycles. The summed E-state index contributed by atoms with van der Waals surface area (Å²) in [7, 11) is -4.47. The number of tetrazole rings is 1. The molecule has 41 heavy (non-hydrogen) atoms. The van der Waals surface area contributed by atoms with Crippen LogP contribution in [0.4, 0.5) is 18.9 Å². The normalized spacial score (nSPS) is 11.6. The van der Waals surface area contributed by atoms with E-state index in [4.69, 9.17) is 11.6 Å². The molecule has 0 bridgehead atoms. The van der Waals surface area contributed by atoms with Crippen molar-refractivity contribution in [2.24, 2.45) is 0 Å². The fraction of sp³-hybridized carbons (Fsp3) is 0.182. The van der Waals surface area contributed by atoms with Crippen LogP contribution >= 0.6 is 11.6 Å². The van der Waals surface area contributed by atoms with E-state index in [0.29, 0.717) is 10.4 Å². The van der Waals surface area contributed by atoms with Gasteiger partial charge in [0.15, 0.2) is 5.82 Å². The number of pyridine rings is 1. The lowest BCUT2D eigenvalue weighted by atomic mass is 10.0. The van der Waals surface area contributed by atoms with E-state index in [0.717, 1.165) is 4.68 Å². The summed E-state index contributed by atoms with van der Waals surface area (Å²) in [5, 5.41) is 26.7. The maximum Gasteiger partial charge on any atom is 0.505 e. The highest BCUT2D eigenvalue weighted by Crippen LogP contribution is 2.28. The highest BCUT2D eigenvalue weighted by Gasteiger charge is 2.50. The third kappa shape index (κ3) is 5.71. The molecule has 0 radical (unpaired) electrons. The molecule has 2 amide bonds. The Morgan fingerprint density at radius 2 is 1.90 bits per heavy atom. The van der Waals surface area contributed by atoms with Crippen LogP contribution in [-0.2, 0) is 16.4 Å². The third-order valence-electron chi connectivity index (χ3n) is 5.39. The molecule has 0 aliphatic rings. The third-order valence-corrected chi connectivity index (χ3v) is 6.94. The van der Waals surface area contributed by atoms with E-state index in [9.17, 15) is 36.4 Å². The van der Waals surface area contributed by atoms with Crippen LogP contribution in [0.3, 0.4) is 0 Å². The number of rotatable bonds is 7. The van der Waals surface area contributed by atoms with Crippen molar-refractivity contribution in [1.29, 1.82) is 5.26 Å². The number of aryl methyl sites for hydroxylation is 1. The number of alkyl halides is 3. The zero-order valence-corrected chi connectivity index (χ0v) is 22.4. The number of carbonyl (C=O) groups is 2. The van der Waals surface area contributed by atoms with Gasteiger partial charge in [-0.1, -0.05) is 16.7 Å². The Kier molecular flexibility index (Phi) is 7.76. The van der Waals surface area contributed by atoms with Crippen molar-refractivity contribution in [3.05, 3.63) is 69.6 Å². The van der Waals surface area contributed by atoms with Crippen molar-refractivity contribution in [2.45, 2.75) is 24.1 Å². The molecule has 0 saturated carbocycles. The Labute approximate surface area is 233 Å². The number of sulfone groups is 1. The maximum atomic E-state index is 13.5. The number of anilines is 1. The van der Waals surface area contributed by atoms with Gasteiger partial charge in [-0.15, -0.1) is 5.10 Å². The molecule has 0 spiro atoms. The summed E-state index contributed by atoms with van der Waals surface area (Å²) in [6.07, 6.45) is 1.37. The SMILES string of the molecule is CNC(=O)c1cc(C#N)cc(C)c1NC(=O)c1cc(Cn2nnc(S(=O)(=O)C(F)(F)F)n2)nn1-c1ncccc1Cl. The van der Waals surface area contributed by atoms with E-state index < -0.39 is 38.9 Å². The molecule has 19 heteroatoms. The smallest absolute Gasteiger partial charge is 0.355 e. The van der Waals surface area contributed by atoms with Crippen LogP contribution in [0.15, 0.2) is 41.7 Å². The van der Waals surface area contributed by atoms with E-state index in [1.807, 2.05) is 6.07 Å². The Morgan fingerprint density at radius 1 is 1.17 bits per heavy atom. The Morgan fingerprint density at radius 3 is 2.54 bits per heavy atom. The summed E-state index contributed by atoms with van der Waals surface area (Å²) in [5.74, 6) is -1.39. The van der Waals surface area contributed by atoms with E-state index >= 15 is 0 Å². The van der Waals surface area contributed by atoms with Gasteiger partial charge in [0.05, 0.1) is 33.6 Å². The molecular formula is C22H16ClF3N10O4S. The maximum absolute atomic E-state index is 13.5. The van der Waals surface area contributed by atoms with Crippen LogP contribution in [-0.4, -0.2) is 67.8 Å². The second-order valence-corrected chi connectivity index (χ2v) is 10.4. The number of aromatic nitrogens is 7. The number of carbonyl (C=O) groups excluding carboxylic acids is 2. The van der Waals surface area contributed by atoms with Crippen LogP contribution < -0.4 is 10.6 Å². The van der Waals surface area contributed by atoms with E-state index in [-0.39, 0.29) is 39.0 Å². The molecule has 0 atom stereocenters. The van der Waals surface area contributed by atoms with E-state index in [1.165, 1.54) is 43.6 Å². The summed E-state index contributed by atoms with van der Waals surface area (Å²) in [4.78, 5) is 30.7. The van der Waals surface area contributed by atoms with Crippen molar-refractivity contribution < 1.29 is 31.2 Å². The van der Waals surface area contributed by atoms with Crippen molar-refractivity contribution in [3.63, 3.8) is 0 Å². The standard InChI is InChI=1S/C22H16ClF3N10O4S/c1-11-6-12(9-27)7-14(19(37)28-2)17(11)30-20(38)16-8-13(32-36(16)18-15(23)4-3-5-29-18)10-35-33-21(31-34-35)41(39,40)22(24,25)26/h3-8H,10H2,1-2H3,(H,28,37)(H,30,38). The van der Waals surface area contributed by atoms with Gasteiger partial charge in [0.25, 0.3) is 17.0 Å². The number of halogens is 4. The number of hydrogen-bond donors (Lipinski definition) is 2. The molecule has 0 fully saturated rings. The average Bonchev–Trinajstić information content (AvgIpc) is 3.56. The lowest BCUT2D eigenvalue weighted by Crippen LogP contribution is -2.24. The largest absolute Gasteiger partial charge is 0.505 e. The zero-order valence-electron chi connectivity index (χ0n) is 20.8. The molecule has 1 aromatic carbocycles. The first-order valence-corrected chi connectivity index (χ1v) is 13.0. The summed E-state index contributed by atoms with van der Waals surface area (Å²) in [6.45, 7) is 1.07. The quantitative estimate of drug-likeness (QED) is 0.314. The molecule has 4 aromatic rings. The minimum absolute atomic E-state index is 0.000490. The number of hydrogen-bond acceptors (Lipinski definition) is 10. The number of nitrogens with zero attached hydrogens (tertiary/aromatic N) is 8. The predicted molar refractivity (Wildman–Crippen MR) is 134 cm³/mol. The number of nitriles is 1. The second-order valence-electron chi connectivity index (χ2n) is 8.15. The predicted octanol–water partition coefficient (Wildman–Crippen LogP) is 2.04. The molecular weight excluding hydrogens is 593 g/mol. The van der Waals surface area contributed by atoms with Crippen molar-refractivity contribution in [2.75, 3.05) is 12.4 Å². The monoisotopic (exact) mass is 608 g/mol. The van der Waals surface area contributed by atoms with E-state index in [2.05, 4.69) is 36.1 Å². The van der Waals surface area contributed by atoms with Crippen molar-refractivity contribution in [1.82, 2.24) is 40.3 Å². The molecule has 3 heterocycles. The molecule has 0 unspecified atom stereocenters. The number of nitrogens with one attached hydrogen (secondary N) is 2. The first kappa shape index (κ1) is 29.1. The van der Waals surface area contributed by atoms with Gasteiger partial charge in [0, 0.05) is 13.2 Å². The minimum atomic E-state index is -5.85. The van der Waals surface area contributed by atoms with Crippen molar-refractivity contribution in [3.8, 4) is 11.9 Å². The summed E-state index contributed by atoms with van der Waals surface area (Å²) in [6, 6.07) is 8.89. The van der Waals surface area contributed by atoms with Gasteiger partial charge in [-0.3, -0.25) is 9.59 Å². The van der Waals surface area contributed by atoms with Gasteiger partial charge in [0.2, 0.25) is 0 Å².